The quantitative estimate of drug-likeness (QED) is 0.169. The largest absolute Gasteiger partial charge is 0.456 e. The van der Waals surface area contributed by atoms with Crippen LogP contribution in [0.3, 0.4) is 0 Å². The fourth-order valence-electron chi connectivity index (χ4n) is 8.45. The number of aromatic nitrogens is 3. The number of fused-ring (bicyclic) bond motifs is 12. The molecule has 0 saturated heterocycles. The number of thiophene rings is 1. The lowest BCUT2D eigenvalue weighted by Crippen LogP contribution is -2.00. The van der Waals surface area contributed by atoms with Gasteiger partial charge in [0, 0.05) is 47.6 Å². The minimum atomic E-state index is 0.621. The molecule has 9 aromatic carbocycles. The summed E-state index contributed by atoms with van der Waals surface area (Å²) in [5, 5.41) is 12.1. The third kappa shape index (κ3) is 4.81. The second-order valence-corrected chi connectivity index (χ2v) is 15.4. The van der Waals surface area contributed by atoms with Crippen molar-refractivity contribution in [3.8, 4) is 45.3 Å². The molecule has 0 amide bonds. The predicted octanol–water partition coefficient (Wildman–Crippen LogP) is 14.3. The van der Waals surface area contributed by atoms with Crippen LogP contribution in [-0.4, -0.2) is 15.0 Å². The Labute approximate surface area is 325 Å². The molecule has 260 valence electrons. The summed E-state index contributed by atoms with van der Waals surface area (Å²) in [6, 6.07) is 62.1. The molecule has 12 aromatic rings. The van der Waals surface area contributed by atoms with Crippen molar-refractivity contribution in [1.29, 1.82) is 0 Å². The van der Waals surface area contributed by atoms with Crippen molar-refractivity contribution >= 4 is 85.8 Å². The normalized spacial score (nSPS) is 11.9. The zero-order valence-corrected chi connectivity index (χ0v) is 30.7. The molecule has 0 spiro atoms. The van der Waals surface area contributed by atoms with Gasteiger partial charge in [0.1, 0.15) is 11.2 Å². The molecule has 0 atom stereocenters. The smallest absolute Gasteiger partial charge is 0.165 e. The number of furan rings is 1. The molecule has 5 heteroatoms. The molecule has 3 aromatic heterocycles. The maximum Gasteiger partial charge on any atom is 0.165 e. The average molecular weight is 732 g/mol. The zero-order valence-electron chi connectivity index (χ0n) is 29.9. The molecule has 0 aliphatic heterocycles. The van der Waals surface area contributed by atoms with E-state index >= 15 is 0 Å². The van der Waals surface area contributed by atoms with E-state index in [0.717, 1.165) is 49.8 Å². The summed E-state index contributed by atoms with van der Waals surface area (Å²) < 4.78 is 8.95. The van der Waals surface area contributed by atoms with Crippen LogP contribution in [0.1, 0.15) is 0 Å². The first-order chi connectivity index (χ1) is 27.7. The predicted molar refractivity (Wildman–Crippen MR) is 234 cm³/mol. The Hall–Kier alpha value is -7.21. The Morgan fingerprint density at radius 2 is 0.875 bits per heavy atom. The van der Waals surface area contributed by atoms with Crippen LogP contribution < -0.4 is 0 Å². The lowest BCUT2D eigenvalue weighted by Gasteiger charge is -2.12. The number of hydrogen-bond donors (Lipinski definition) is 0. The third-order valence-corrected chi connectivity index (χ3v) is 12.3. The molecule has 12 rings (SSSR count). The molecular weight excluding hydrogens is 703 g/mol. The summed E-state index contributed by atoms with van der Waals surface area (Å²) in [5.74, 6) is 1.92. The molecule has 56 heavy (non-hydrogen) atoms. The molecule has 4 nitrogen and oxygen atoms in total. The number of nitrogens with zero attached hydrogens (tertiary/aromatic N) is 3. The molecule has 0 radical (unpaired) electrons. The number of benzene rings is 9. The van der Waals surface area contributed by atoms with Crippen LogP contribution in [0, 0.1) is 0 Å². The summed E-state index contributed by atoms with van der Waals surface area (Å²) in [5.41, 5.74) is 6.78. The van der Waals surface area contributed by atoms with Gasteiger partial charge >= 0.3 is 0 Å². The van der Waals surface area contributed by atoms with E-state index in [1.807, 2.05) is 36.4 Å². The Morgan fingerprint density at radius 1 is 0.321 bits per heavy atom. The maximum atomic E-state index is 6.53. The Balaban J connectivity index is 0.992. The topological polar surface area (TPSA) is 51.8 Å². The van der Waals surface area contributed by atoms with Crippen LogP contribution in [0.2, 0.25) is 0 Å². The highest BCUT2D eigenvalue weighted by Gasteiger charge is 2.18. The third-order valence-electron chi connectivity index (χ3n) is 11.1. The second kappa shape index (κ2) is 12.2. The van der Waals surface area contributed by atoms with Crippen LogP contribution in [-0.2, 0) is 0 Å². The highest BCUT2D eigenvalue weighted by Crippen LogP contribution is 2.41. The molecule has 0 fully saturated rings. The minimum Gasteiger partial charge on any atom is -0.456 e. The molecule has 0 N–H and O–H groups in total. The second-order valence-electron chi connectivity index (χ2n) is 14.3. The van der Waals surface area contributed by atoms with Gasteiger partial charge in [-0.1, -0.05) is 127 Å². The molecular formula is C51H29N3OS. The van der Waals surface area contributed by atoms with Crippen LogP contribution in [0.4, 0.5) is 0 Å². The summed E-state index contributed by atoms with van der Waals surface area (Å²) in [6.45, 7) is 0. The number of rotatable bonds is 4. The van der Waals surface area contributed by atoms with Crippen molar-refractivity contribution in [1.82, 2.24) is 15.0 Å². The highest BCUT2D eigenvalue weighted by molar-refractivity contribution is 7.26. The van der Waals surface area contributed by atoms with Crippen LogP contribution in [0.25, 0.3) is 120 Å². The monoisotopic (exact) mass is 731 g/mol. The van der Waals surface area contributed by atoms with E-state index < -0.39 is 0 Å². The van der Waals surface area contributed by atoms with Crippen LogP contribution >= 0.6 is 11.3 Å². The van der Waals surface area contributed by atoms with Gasteiger partial charge in [0.2, 0.25) is 0 Å². The van der Waals surface area contributed by atoms with Gasteiger partial charge < -0.3 is 4.42 Å². The fraction of sp³-hybridized carbons (Fsp3) is 0. The van der Waals surface area contributed by atoms with Gasteiger partial charge in [-0.25, -0.2) is 15.0 Å². The highest BCUT2D eigenvalue weighted by atomic mass is 32.1. The van der Waals surface area contributed by atoms with Gasteiger partial charge in [0.25, 0.3) is 0 Å². The summed E-state index contributed by atoms with van der Waals surface area (Å²) in [6.07, 6.45) is 0. The first-order valence-corrected chi connectivity index (χ1v) is 19.6. The summed E-state index contributed by atoms with van der Waals surface area (Å²) >= 11 is 1.78. The minimum absolute atomic E-state index is 0.621. The standard InChI is InChI=1S/C51H29N3OS/c1-2-11-30(12-3-1)49-52-50(54-51(53-49)42-19-10-18-41-40-17-8-9-20-47(40)56-48(41)42)33-23-26-45-44(28-33)39-25-22-32(29-46(39)55-45)31-21-24-38-36-15-5-4-13-34(36)35-14-6-7-16-37(35)43(38)27-31/h1-29H. The van der Waals surface area contributed by atoms with Gasteiger partial charge in [-0.05, 0) is 92.0 Å². The number of hydrogen-bond acceptors (Lipinski definition) is 5. The van der Waals surface area contributed by atoms with E-state index in [4.69, 9.17) is 19.4 Å². The van der Waals surface area contributed by atoms with E-state index in [2.05, 4.69) is 140 Å². The van der Waals surface area contributed by atoms with Crippen molar-refractivity contribution in [2.75, 3.05) is 0 Å². The molecule has 0 bridgehead atoms. The van der Waals surface area contributed by atoms with Gasteiger partial charge in [0.15, 0.2) is 17.5 Å². The molecule has 0 aliphatic rings. The Morgan fingerprint density at radius 3 is 1.64 bits per heavy atom. The van der Waals surface area contributed by atoms with Crippen LogP contribution in [0.5, 0.6) is 0 Å². The van der Waals surface area contributed by atoms with Crippen molar-refractivity contribution in [2.45, 2.75) is 0 Å². The average Bonchev–Trinajstić information content (AvgIpc) is 3.84. The molecule has 3 heterocycles. The van der Waals surface area contributed by atoms with Gasteiger partial charge in [-0.3, -0.25) is 0 Å². The molecule has 0 saturated carbocycles. The van der Waals surface area contributed by atoms with Crippen molar-refractivity contribution in [3.63, 3.8) is 0 Å². The van der Waals surface area contributed by atoms with E-state index in [9.17, 15) is 0 Å². The van der Waals surface area contributed by atoms with Gasteiger partial charge in [-0.2, -0.15) is 0 Å². The van der Waals surface area contributed by atoms with E-state index in [0.29, 0.717) is 17.5 Å². The summed E-state index contributed by atoms with van der Waals surface area (Å²) in [4.78, 5) is 15.3. The molecule has 0 aliphatic carbocycles. The zero-order chi connectivity index (χ0) is 36.7. The molecule has 0 unspecified atom stereocenters. The first kappa shape index (κ1) is 31.2. The van der Waals surface area contributed by atoms with E-state index in [1.165, 1.54) is 52.5 Å². The van der Waals surface area contributed by atoms with Crippen LogP contribution in [0.15, 0.2) is 180 Å². The first-order valence-electron chi connectivity index (χ1n) is 18.8. The van der Waals surface area contributed by atoms with Gasteiger partial charge in [0.05, 0.1) is 0 Å². The lowest BCUT2D eigenvalue weighted by molar-refractivity contribution is 0.669. The lowest BCUT2D eigenvalue weighted by atomic mass is 9.92. The maximum absolute atomic E-state index is 6.53. The van der Waals surface area contributed by atoms with Crippen molar-refractivity contribution in [2.24, 2.45) is 0 Å². The fourth-order valence-corrected chi connectivity index (χ4v) is 9.66. The van der Waals surface area contributed by atoms with Crippen molar-refractivity contribution in [3.05, 3.63) is 176 Å². The van der Waals surface area contributed by atoms with Gasteiger partial charge in [-0.15, -0.1) is 11.3 Å². The van der Waals surface area contributed by atoms with Crippen molar-refractivity contribution < 1.29 is 4.42 Å². The Bertz CT molecular complexity index is 3510. The van der Waals surface area contributed by atoms with E-state index in [-0.39, 0.29) is 0 Å². The van der Waals surface area contributed by atoms with E-state index in [1.54, 1.807) is 11.3 Å². The SMILES string of the molecule is c1ccc(-c2nc(-c3ccc4oc5cc(-c6ccc7c8ccccc8c8ccccc8c7c6)ccc5c4c3)nc(-c3cccc4c3sc3ccccc34)n2)cc1. The summed E-state index contributed by atoms with van der Waals surface area (Å²) in [7, 11) is 0. The Kier molecular flexibility index (Phi) is 6.76.